The molecule has 12 nitrogen and oxygen atoms in total. The van der Waals surface area contributed by atoms with Crippen molar-refractivity contribution in [3.8, 4) is 0 Å². The first-order valence-electron chi connectivity index (χ1n) is 1.64. The van der Waals surface area contributed by atoms with Crippen molar-refractivity contribution in [2.24, 2.45) is 0 Å². The fraction of sp³-hybridized carbons (Fsp3) is 0. The second-order valence-corrected chi connectivity index (χ2v) is 0.671. The number of hydrogen-bond acceptors (Lipinski definition) is 9. The first-order valence-corrected chi connectivity index (χ1v) is 1.64. The molecule has 0 aromatic heterocycles. The normalized spacial score (nSPS) is 5.14. The van der Waals surface area contributed by atoms with Gasteiger partial charge in [-0.25, -0.2) is 0 Å². The summed E-state index contributed by atoms with van der Waals surface area (Å²) in [5, 5.41) is 44.2. The van der Waals surface area contributed by atoms with Gasteiger partial charge in [0.2, 0.25) is 0 Å². The van der Waals surface area contributed by atoms with Gasteiger partial charge < -0.3 is 46.0 Å². The Labute approximate surface area is 101 Å². The number of halogens is 1. The molecule has 0 bridgehead atoms. The molecule has 0 amide bonds. The minimum atomic E-state index is -1.75. The molecule has 0 radical (unpaired) electrons. The zero-order chi connectivity index (χ0) is 10.7. The van der Waals surface area contributed by atoms with Crippen LogP contribution in [0.4, 0.5) is 4.70 Å². The van der Waals surface area contributed by atoms with Crippen molar-refractivity contribution in [3.63, 3.8) is 0 Å². The van der Waals surface area contributed by atoms with E-state index >= 15 is 0 Å². The molecule has 0 heterocycles. The Balaban J connectivity index is -0.0000000270. The monoisotopic (exact) mass is 345 g/mol. The van der Waals surface area contributed by atoms with Gasteiger partial charge in [0.1, 0.15) is 0 Å². The Bertz CT molecular complexity index is 118. The van der Waals surface area contributed by atoms with Gasteiger partial charge in [-0.15, -0.1) is 0 Å². The molecule has 14 heavy (non-hydrogen) atoms. The van der Waals surface area contributed by atoms with Crippen molar-refractivity contribution in [1.29, 1.82) is 0 Å². The molecule has 0 aromatic rings. The van der Waals surface area contributed by atoms with Crippen LogP contribution in [0.2, 0.25) is 0 Å². The molecule has 0 spiro atoms. The van der Waals surface area contributed by atoms with Crippen LogP contribution in [0.5, 0.6) is 0 Å². The largest absolute Gasteiger partial charge is 3.00 e. The van der Waals surface area contributed by atoms with Crippen LogP contribution in [0.3, 0.4) is 0 Å². The van der Waals surface area contributed by atoms with Crippen LogP contribution in [0.15, 0.2) is 0 Å². The van der Waals surface area contributed by atoms with Crippen LogP contribution in [-0.4, -0.2) is 15.3 Å². The van der Waals surface area contributed by atoms with Crippen LogP contribution in [0, 0.1) is 81.6 Å². The topological polar surface area (TPSA) is 199 Å². The Hall–Kier alpha value is -1.28. The van der Waals surface area contributed by atoms with E-state index in [-0.39, 0.29) is 40.3 Å². The SMILES string of the molecule is F.O=[N+]([O-])[O-].O=[N+]([O-])[O-].O=[N+]([O-])[O-].[La+3]. The van der Waals surface area contributed by atoms with Crippen LogP contribution in [0.25, 0.3) is 0 Å². The number of rotatable bonds is 0. The summed E-state index contributed by atoms with van der Waals surface area (Å²) in [5.41, 5.74) is 0. The molecule has 0 rings (SSSR count). The third kappa shape index (κ3) is 624. The van der Waals surface area contributed by atoms with Crippen LogP contribution >= 0.6 is 0 Å². The number of hydrogen-bond donors (Lipinski definition) is 0. The summed E-state index contributed by atoms with van der Waals surface area (Å²) in [4.78, 5) is 24.8. The third-order valence-corrected chi connectivity index (χ3v) is 0. The standard InChI is InChI=1S/FH.La.3NO3/c;;3*2-1(3)4/h1H;;;;/q;+3;3*-1. The van der Waals surface area contributed by atoms with Crippen molar-refractivity contribution in [2.75, 3.05) is 0 Å². The minimum absolute atomic E-state index is 0. The molecule has 0 fully saturated rings. The van der Waals surface area contributed by atoms with Crippen molar-refractivity contribution in [2.45, 2.75) is 0 Å². The second kappa shape index (κ2) is 22.6. The maximum Gasteiger partial charge on any atom is 3.00 e. The van der Waals surface area contributed by atoms with E-state index in [1.165, 1.54) is 0 Å². The van der Waals surface area contributed by atoms with E-state index in [1.54, 1.807) is 0 Å². The zero-order valence-corrected chi connectivity index (χ0v) is 9.63. The predicted molar refractivity (Wildman–Crippen MR) is 33.6 cm³/mol. The third-order valence-electron chi connectivity index (χ3n) is 0. The predicted octanol–water partition coefficient (Wildman–Crippen LogP) is -0.565. The van der Waals surface area contributed by atoms with Crippen molar-refractivity contribution < 1.29 is 55.6 Å². The zero-order valence-electron chi connectivity index (χ0n) is 6.00. The average Bonchev–Trinajstić information content (AvgIpc) is 1.54. The summed E-state index contributed by atoms with van der Waals surface area (Å²) in [7, 11) is 0. The van der Waals surface area contributed by atoms with Crippen molar-refractivity contribution in [1.82, 2.24) is 0 Å². The summed E-state index contributed by atoms with van der Waals surface area (Å²) < 4.78 is 0. The van der Waals surface area contributed by atoms with E-state index in [0.717, 1.165) is 0 Å². The summed E-state index contributed by atoms with van der Waals surface area (Å²) in [6.07, 6.45) is 0. The smallest absolute Gasteiger partial charge is 0.356 e. The van der Waals surface area contributed by atoms with Gasteiger partial charge in [0.25, 0.3) is 0 Å². The minimum Gasteiger partial charge on any atom is -0.356 e. The summed E-state index contributed by atoms with van der Waals surface area (Å²) in [6, 6.07) is 0. The van der Waals surface area contributed by atoms with E-state index in [0.29, 0.717) is 0 Å². The maximum absolute atomic E-state index is 8.25. The van der Waals surface area contributed by atoms with E-state index in [4.69, 9.17) is 46.0 Å². The summed E-state index contributed by atoms with van der Waals surface area (Å²) in [5.74, 6) is 0. The van der Waals surface area contributed by atoms with Crippen molar-refractivity contribution in [3.05, 3.63) is 46.0 Å². The molecule has 0 aromatic carbocycles. The summed E-state index contributed by atoms with van der Waals surface area (Å²) >= 11 is 0. The molecule has 0 unspecified atom stereocenters. The maximum atomic E-state index is 8.25. The van der Waals surface area contributed by atoms with Gasteiger partial charge >= 0.3 is 35.6 Å². The molecule has 14 heteroatoms. The van der Waals surface area contributed by atoms with E-state index in [9.17, 15) is 0 Å². The average molecular weight is 345 g/mol. The van der Waals surface area contributed by atoms with Gasteiger partial charge in [-0.1, -0.05) is 0 Å². The molecular weight excluding hydrogens is 344 g/mol. The fourth-order valence-corrected chi connectivity index (χ4v) is 0. The molecule has 0 saturated heterocycles. The van der Waals surface area contributed by atoms with Crippen LogP contribution in [-0.2, 0) is 0 Å². The van der Waals surface area contributed by atoms with Gasteiger partial charge in [0.05, 0.1) is 15.3 Å². The van der Waals surface area contributed by atoms with Gasteiger partial charge in [-0.3, -0.25) is 4.70 Å². The Morgan fingerprint density at radius 3 is 0.571 bits per heavy atom. The number of nitrogens with zero attached hydrogens (tertiary/aromatic N) is 3. The molecule has 0 aliphatic heterocycles. The fourth-order valence-electron chi connectivity index (χ4n) is 0. The first-order chi connectivity index (χ1) is 5.20. The molecule has 0 saturated carbocycles. The first kappa shape index (κ1) is 29.3. The quantitative estimate of drug-likeness (QED) is 0.407. The van der Waals surface area contributed by atoms with Gasteiger partial charge in [-0.2, -0.15) is 0 Å². The van der Waals surface area contributed by atoms with E-state index in [2.05, 4.69) is 0 Å². The molecule has 0 atom stereocenters. The molecule has 0 N–H and O–H groups in total. The van der Waals surface area contributed by atoms with Crippen LogP contribution in [0.1, 0.15) is 0 Å². The van der Waals surface area contributed by atoms with E-state index < -0.39 is 15.3 Å². The van der Waals surface area contributed by atoms with Crippen molar-refractivity contribution >= 4 is 0 Å². The van der Waals surface area contributed by atoms with Gasteiger partial charge in [-0.05, 0) is 0 Å². The second-order valence-electron chi connectivity index (χ2n) is 0.671. The Kier molecular flexibility index (Phi) is 47.3. The van der Waals surface area contributed by atoms with Crippen LogP contribution < -0.4 is 0 Å². The van der Waals surface area contributed by atoms with Gasteiger partial charge in [0.15, 0.2) is 0 Å². The molecule has 0 aliphatic carbocycles. The van der Waals surface area contributed by atoms with Gasteiger partial charge in [0, 0.05) is 0 Å². The molecule has 80 valence electrons. The summed E-state index contributed by atoms with van der Waals surface area (Å²) in [6.45, 7) is 0. The Morgan fingerprint density at radius 1 is 0.571 bits per heavy atom. The van der Waals surface area contributed by atoms with E-state index in [1.807, 2.05) is 0 Å². The Morgan fingerprint density at radius 2 is 0.571 bits per heavy atom. The molecular formula is HFLaN3O9. The molecule has 0 aliphatic rings.